The molecule has 18 heavy (non-hydrogen) atoms. The van der Waals surface area contributed by atoms with Gasteiger partial charge in [0.2, 0.25) is 0 Å². The SMILES string of the molecule is CCN(CC)c1ccc(OS(N)(=O)=O)c(C)c1.[H-].[Na+]. The van der Waals surface area contributed by atoms with Gasteiger partial charge in [0.15, 0.2) is 0 Å². The van der Waals surface area contributed by atoms with E-state index in [2.05, 4.69) is 22.9 Å². The normalized spacial score (nSPS) is 10.7. The molecule has 2 N–H and O–H groups in total. The van der Waals surface area contributed by atoms with Gasteiger partial charge in [-0.2, -0.15) is 13.6 Å². The third-order valence-corrected chi connectivity index (χ3v) is 2.90. The van der Waals surface area contributed by atoms with Crippen LogP contribution in [0.4, 0.5) is 5.69 Å². The number of benzene rings is 1. The molecule has 0 spiro atoms. The first-order chi connectivity index (χ1) is 7.87. The predicted molar refractivity (Wildman–Crippen MR) is 69.6 cm³/mol. The number of anilines is 1. The summed E-state index contributed by atoms with van der Waals surface area (Å²) >= 11 is 0. The fraction of sp³-hybridized carbons (Fsp3) is 0.455. The van der Waals surface area contributed by atoms with Crippen molar-refractivity contribution in [3.63, 3.8) is 0 Å². The number of nitrogens with two attached hydrogens (primary N) is 1. The van der Waals surface area contributed by atoms with E-state index in [1.54, 1.807) is 13.0 Å². The summed E-state index contributed by atoms with van der Waals surface area (Å²) in [5.41, 5.74) is 1.78. The van der Waals surface area contributed by atoms with Crippen molar-refractivity contribution in [1.29, 1.82) is 0 Å². The quantitative estimate of drug-likeness (QED) is 0.670. The Hall–Kier alpha value is -0.270. The molecule has 0 aromatic heterocycles. The summed E-state index contributed by atoms with van der Waals surface area (Å²) in [6.07, 6.45) is 0. The van der Waals surface area contributed by atoms with Crippen molar-refractivity contribution >= 4 is 16.0 Å². The Morgan fingerprint density at radius 1 is 1.33 bits per heavy atom. The average molecular weight is 282 g/mol. The zero-order chi connectivity index (χ0) is 13.1. The minimum atomic E-state index is -3.96. The third-order valence-electron chi connectivity index (χ3n) is 2.49. The Kier molecular flexibility index (Phi) is 7.24. The number of hydrogen-bond donors (Lipinski definition) is 1. The van der Waals surface area contributed by atoms with Gasteiger partial charge in [-0.05, 0) is 44.5 Å². The molecule has 0 fully saturated rings. The molecule has 0 aliphatic carbocycles. The van der Waals surface area contributed by atoms with E-state index in [9.17, 15) is 8.42 Å². The number of nitrogens with zero attached hydrogens (tertiary/aromatic N) is 1. The van der Waals surface area contributed by atoms with Gasteiger partial charge in [0.05, 0.1) is 0 Å². The van der Waals surface area contributed by atoms with Crippen LogP contribution in [-0.2, 0) is 10.3 Å². The molecular formula is C11H19N2NaO3S. The summed E-state index contributed by atoms with van der Waals surface area (Å²) < 4.78 is 26.3. The zero-order valence-corrected chi connectivity index (χ0v) is 14.1. The third kappa shape index (κ3) is 5.16. The molecule has 0 saturated heterocycles. The van der Waals surface area contributed by atoms with E-state index in [0.29, 0.717) is 0 Å². The summed E-state index contributed by atoms with van der Waals surface area (Å²) in [7, 11) is -3.96. The summed E-state index contributed by atoms with van der Waals surface area (Å²) in [4.78, 5) is 2.16. The Bertz CT molecular complexity index is 493. The number of aryl methyl sites for hydroxylation is 1. The Labute approximate surface area is 132 Å². The maximum Gasteiger partial charge on any atom is 1.00 e. The Morgan fingerprint density at radius 2 is 1.89 bits per heavy atom. The topological polar surface area (TPSA) is 72.6 Å². The van der Waals surface area contributed by atoms with E-state index in [-0.39, 0.29) is 36.7 Å². The summed E-state index contributed by atoms with van der Waals surface area (Å²) in [5.74, 6) is 0.267. The number of hydrogen-bond acceptors (Lipinski definition) is 4. The van der Waals surface area contributed by atoms with Gasteiger partial charge >= 0.3 is 39.9 Å². The summed E-state index contributed by atoms with van der Waals surface area (Å²) in [5, 5.41) is 4.83. The zero-order valence-electron chi connectivity index (χ0n) is 12.3. The number of rotatable bonds is 5. The van der Waals surface area contributed by atoms with Crippen LogP contribution in [0.3, 0.4) is 0 Å². The molecule has 0 radical (unpaired) electrons. The second-order valence-electron chi connectivity index (χ2n) is 3.70. The van der Waals surface area contributed by atoms with E-state index in [1.807, 2.05) is 12.1 Å². The van der Waals surface area contributed by atoms with Crippen LogP contribution in [0.25, 0.3) is 0 Å². The van der Waals surface area contributed by atoms with Gasteiger partial charge in [-0.25, -0.2) is 0 Å². The molecule has 0 bridgehead atoms. The van der Waals surface area contributed by atoms with Crippen molar-refractivity contribution in [3.05, 3.63) is 23.8 Å². The fourth-order valence-corrected chi connectivity index (χ4v) is 2.07. The van der Waals surface area contributed by atoms with Crippen LogP contribution in [0.5, 0.6) is 5.75 Å². The first-order valence-corrected chi connectivity index (χ1v) is 6.92. The Balaban J connectivity index is 0. The van der Waals surface area contributed by atoms with Crippen molar-refractivity contribution in [2.45, 2.75) is 20.8 Å². The second-order valence-corrected chi connectivity index (χ2v) is 4.85. The van der Waals surface area contributed by atoms with Crippen LogP contribution < -0.4 is 43.8 Å². The van der Waals surface area contributed by atoms with Crippen LogP contribution in [0.2, 0.25) is 0 Å². The van der Waals surface area contributed by atoms with Crippen molar-refractivity contribution in [3.8, 4) is 5.75 Å². The van der Waals surface area contributed by atoms with Gasteiger partial charge in [0.1, 0.15) is 5.75 Å². The maximum atomic E-state index is 10.8. The van der Waals surface area contributed by atoms with Crippen LogP contribution in [-0.4, -0.2) is 21.5 Å². The van der Waals surface area contributed by atoms with Gasteiger partial charge in [-0.15, -0.1) is 0 Å². The molecule has 0 unspecified atom stereocenters. The molecule has 5 nitrogen and oxygen atoms in total. The standard InChI is InChI=1S/C11H18N2O3S.Na.H/c1-4-13(5-2)10-6-7-11(9(3)8-10)16-17(12,14)15;;/h6-8H,4-5H2,1-3H3,(H2,12,14,15);;/q;+1;-1. The minimum Gasteiger partial charge on any atom is -1.00 e. The molecule has 1 aromatic rings. The van der Waals surface area contributed by atoms with Crippen molar-refractivity contribution in [2.75, 3.05) is 18.0 Å². The van der Waals surface area contributed by atoms with Gasteiger partial charge < -0.3 is 10.5 Å². The second kappa shape index (κ2) is 7.35. The molecule has 1 rings (SSSR count). The van der Waals surface area contributed by atoms with Crippen LogP contribution in [0.15, 0.2) is 18.2 Å². The molecule has 98 valence electrons. The largest absolute Gasteiger partial charge is 1.00 e. The molecule has 1 aromatic carbocycles. The molecule has 0 aliphatic heterocycles. The van der Waals surface area contributed by atoms with Crippen molar-refractivity contribution in [1.82, 2.24) is 0 Å². The molecule has 0 saturated carbocycles. The molecule has 0 amide bonds. The molecule has 0 heterocycles. The summed E-state index contributed by atoms with van der Waals surface area (Å²) in [6.45, 7) is 7.70. The smallest absolute Gasteiger partial charge is 1.00 e. The van der Waals surface area contributed by atoms with Crippen LogP contribution in [0, 0.1) is 6.92 Å². The monoisotopic (exact) mass is 282 g/mol. The van der Waals surface area contributed by atoms with Gasteiger partial charge in [0.25, 0.3) is 0 Å². The summed E-state index contributed by atoms with van der Waals surface area (Å²) in [6, 6.07) is 5.32. The van der Waals surface area contributed by atoms with E-state index in [4.69, 9.17) is 5.14 Å². The van der Waals surface area contributed by atoms with E-state index < -0.39 is 10.3 Å². The van der Waals surface area contributed by atoms with Crippen molar-refractivity contribution in [2.24, 2.45) is 5.14 Å². The molecule has 7 heteroatoms. The maximum absolute atomic E-state index is 10.8. The fourth-order valence-electron chi connectivity index (χ4n) is 1.64. The van der Waals surface area contributed by atoms with E-state index >= 15 is 0 Å². The molecule has 0 atom stereocenters. The van der Waals surface area contributed by atoms with Gasteiger partial charge in [0, 0.05) is 18.8 Å². The average Bonchev–Trinajstić information content (AvgIpc) is 2.22. The minimum absolute atomic E-state index is 0. The first-order valence-electron chi connectivity index (χ1n) is 5.45. The molecular weight excluding hydrogens is 263 g/mol. The van der Waals surface area contributed by atoms with Gasteiger partial charge in [-0.3, -0.25) is 0 Å². The van der Waals surface area contributed by atoms with Crippen molar-refractivity contribution < 1.29 is 43.6 Å². The van der Waals surface area contributed by atoms with E-state index in [0.717, 1.165) is 24.3 Å². The van der Waals surface area contributed by atoms with Gasteiger partial charge in [-0.1, -0.05) is 0 Å². The predicted octanol–water partition coefficient (Wildman–Crippen LogP) is -1.46. The first kappa shape index (κ1) is 17.7. The van der Waals surface area contributed by atoms with E-state index in [1.165, 1.54) is 0 Å². The molecule has 0 aliphatic rings. The van der Waals surface area contributed by atoms with Crippen LogP contribution >= 0.6 is 0 Å². The Morgan fingerprint density at radius 3 is 2.28 bits per heavy atom. The van der Waals surface area contributed by atoms with Crippen LogP contribution in [0.1, 0.15) is 20.8 Å².